The third kappa shape index (κ3) is 5.35. The van der Waals surface area contributed by atoms with Gasteiger partial charge in [0.1, 0.15) is 5.69 Å². The number of aryl methyl sites for hydroxylation is 1. The first-order valence-corrected chi connectivity index (χ1v) is 12.6. The SMILES string of the molecule is Cc1ccc(NC(=O)c2ccnc(C(F)(F)F)c2)cc1-c1ccc2c(c1)SC1(CCOCC1)CNC2=O. The van der Waals surface area contributed by atoms with Crippen LogP contribution in [0.15, 0.2) is 59.6 Å². The van der Waals surface area contributed by atoms with Gasteiger partial charge in [-0.15, -0.1) is 11.8 Å². The molecule has 0 aliphatic carbocycles. The Bertz CT molecular complexity index is 1370. The van der Waals surface area contributed by atoms with Gasteiger partial charge in [0.25, 0.3) is 11.8 Å². The van der Waals surface area contributed by atoms with Crippen molar-refractivity contribution in [1.82, 2.24) is 10.3 Å². The number of fused-ring (bicyclic) bond motifs is 1. The van der Waals surface area contributed by atoms with Crippen LogP contribution in [0.2, 0.25) is 0 Å². The molecule has 2 amide bonds. The molecule has 0 unspecified atom stereocenters. The van der Waals surface area contributed by atoms with E-state index in [0.29, 0.717) is 31.0 Å². The van der Waals surface area contributed by atoms with Gasteiger partial charge in [0.05, 0.1) is 5.56 Å². The van der Waals surface area contributed by atoms with Crippen molar-refractivity contribution in [3.63, 3.8) is 0 Å². The van der Waals surface area contributed by atoms with E-state index in [1.807, 2.05) is 31.2 Å². The Labute approximate surface area is 216 Å². The van der Waals surface area contributed by atoms with Gasteiger partial charge in [-0.05, 0) is 72.9 Å². The third-order valence-corrected chi connectivity index (χ3v) is 8.19. The Hall–Kier alpha value is -3.37. The summed E-state index contributed by atoms with van der Waals surface area (Å²) in [6.45, 7) is 3.82. The first-order chi connectivity index (χ1) is 17.6. The number of ether oxygens (including phenoxy) is 1. The predicted octanol–water partition coefficient (Wildman–Crippen LogP) is 5.71. The lowest BCUT2D eigenvalue weighted by Crippen LogP contribution is -2.42. The standard InChI is InChI=1S/C27H24F3N3O3S/c1-16-2-4-19(33-24(34)18-6-9-31-23(13-18)27(28,29)30)14-21(16)17-3-5-20-22(12-17)37-26(15-32-25(20)35)7-10-36-11-8-26/h2-6,9,12-14H,7-8,10-11,15H2,1H3,(H,32,35)(H,33,34). The maximum atomic E-state index is 13.0. The lowest BCUT2D eigenvalue weighted by molar-refractivity contribution is -0.141. The van der Waals surface area contributed by atoms with E-state index < -0.39 is 17.8 Å². The van der Waals surface area contributed by atoms with E-state index in [-0.39, 0.29) is 16.2 Å². The Balaban J connectivity index is 1.44. The summed E-state index contributed by atoms with van der Waals surface area (Å²) in [7, 11) is 0. The van der Waals surface area contributed by atoms with Crippen LogP contribution in [0.25, 0.3) is 11.1 Å². The highest BCUT2D eigenvalue weighted by Crippen LogP contribution is 2.44. The summed E-state index contributed by atoms with van der Waals surface area (Å²) in [6, 6.07) is 13.0. The number of amides is 2. The number of thioether (sulfide) groups is 1. The number of halogens is 3. The minimum absolute atomic E-state index is 0.106. The molecule has 1 fully saturated rings. The van der Waals surface area contributed by atoms with E-state index in [0.717, 1.165) is 46.7 Å². The maximum Gasteiger partial charge on any atom is 0.433 e. The van der Waals surface area contributed by atoms with Crippen LogP contribution in [0.1, 0.15) is 44.8 Å². The van der Waals surface area contributed by atoms with Crippen LogP contribution in [0.3, 0.4) is 0 Å². The molecule has 3 heterocycles. The number of hydrogen-bond acceptors (Lipinski definition) is 5. The van der Waals surface area contributed by atoms with E-state index >= 15 is 0 Å². The van der Waals surface area contributed by atoms with Crippen LogP contribution >= 0.6 is 11.8 Å². The molecule has 3 aromatic rings. The van der Waals surface area contributed by atoms with Crippen molar-refractivity contribution in [1.29, 1.82) is 0 Å². The first kappa shape index (κ1) is 25.3. The molecule has 2 aliphatic heterocycles. The summed E-state index contributed by atoms with van der Waals surface area (Å²) in [5, 5.41) is 5.74. The maximum absolute atomic E-state index is 13.0. The fourth-order valence-corrected chi connectivity index (χ4v) is 5.97. The van der Waals surface area contributed by atoms with E-state index in [1.165, 1.54) is 6.07 Å². The lowest BCUT2D eigenvalue weighted by atomic mass is 9.98. The van der Waals surface area contributed by atoms with Crippen molar-refractivity contribution in [2.24, 2.45) is 0 Å². The highest BCUT2D eigenvalue weighted by molar-refractivity contribution is 8.00. The minimum atomic E-state index is -4.64. The van der Waals surface area contributed by atoms with Gasteiger partial charge in [0.15, 0.2) is 0 Å². The predicted molar refractivity (Wildman–Crippen MR) is 135 cm³/mol. The number of rotatable bonds is 3. The molecule has 6 nitrogen and oxygen atoms in total. The molecular weight excluding hydrogens is 503 g/mol. The topological polar surface area (TPSA) is 80.3 Å². The Kier molecular flexibility index (Phi) is 6.72. The molecule has 37 heavy (non-hydrogen) atoms. The summed E-state index contributed by atoms with van der Waals surface area (Å²) in [6.07, 6.45) is -2.00. The van der Waals surface area contributed by atoms with Gasteiger partial charge in [-0.3, -0.25) is 14.6 Å². The molecule has 0 bridgehead atoms. The highest BCUT2D eigenvalue weighted by Gasteiger charge is 2.38. The average Bonchev–Trinajstić information content (AvgIpc) is 3.01. The van der Waals surface area contributed by atoms with Crippen molar-refractivity contribution in [2.75, 3.05) is 25.1 Å². The monoisotopic (exact) mass is 527 g/mol. The second-order valence-electron chi connectivity index (χ2n) is 9.20. The Morgan fingerprint density at radius 2 is 1.86 bits per heavy atom. The van der Waals surface area contributed by atoms with E-state index in [1.54, 1.807) is 23.9 Å². The first-order valence-electron chi connectivity index (χ1n) is 11.8. The van der Waals surface area contributed by atoms with Crippen molar-refractivity contribution in [2.45, 2.75) is 35.6 Å². The molecule has 1 saturated heterocycles. The molecule has 2 aliphatic rings. The zero-order valence-corrected chi connectivity index (χ0v) is 20.8. The molecule has 1 aromatic heterocycles. The average molecular weight is 528 g/mol. The van der Waals surface area contributed by atoms with Crippen molar-refractivity contribution >= 4 is 29.3 Å². The second kappa shape index (κ2) is 9.83. The molecule has 0 saturated carbocycles. The van der Waals surface area contributed by atoms with Gasteiger partial charge in [0.2, 0.25) is 0 Å². The Morgan fingerprint density at radius 3 is 2.62 bits per heavy atom. The number of alkyl halides is 3. The van der Waals surface area contributed by atoms with Crippen LogP contribution in [0.5, 0.6) is 0 Å². The van der Waals surface area contributed by atoms with Crippen molar-refractivity contribution in [3.05, 3.63) is 77.1 Å². The highest BCUT2D eigenvalue weighted by atomic mass is 32.2. The zero-order valence-electron chi connectivity index (χ0n) is 19.9. The number of carbonyl (C=O) groups excluding carboxylic acids is 2. The smallest absolute Gasteiger partial charge is 0.381 e. The van der Waals surface area contributed by atoms with Crippen LogP contribution in [-0.4, -0.2) is 41.3 Å². The normalized spacial score (nSPS) is 17.0. The molecule has 0 radical (unpaired) electrons. The Morgan fingerprint density at radius 1 is 1.08 bits per heavy atom. The van der Waals surface area contributed by atoms with Gasteiger partial charge in [-0.1, -0.05) is 12.1 Å². The van der Waals surface area contributed by atoms with Gasteiger partial charge in [-0.2, -0.15) is 13.2 Å². The zero-order chi connectivity index (χ0) is 26.2. The number of pyridine rings is 1. The number of anilines is 1. The summed E-state index contributed by atoms with van der Waals surface area (Å²) in [5.74, 6) is -0.774. The third-order valence-electron chi connectivity index (χ3n) is 6.65. The second-order valence-corrected chi connectivity index (χ2v) is 10.7. The minimum Gasteiger partial charge on any atom is -0.381 e. The van der Waals surface area contributed by atoms with E-state index in [9.17, 15) is 22.8 Å². The summed E-state index contributed by atoms with van der Waals surface area (Å²) >= 11 is 1.70. The number of nitrogens with one attached hydrogen (secondary N) is 2. The van der Waals surface area contributed by atoms with Gasteiger partial charge in [0, 0.05) is 46.8 Å². The van der Waals surface area contributed by atoms with E-state index in [2.05, 4.69) is 15.6 Å². The number of carbonyl (C=O) groups is 2. The van der Waals surface area contributed by atoms with Crippen LogP contribution in [0, 0.1) is 6.92 Å². The van der Waals surface area contributed by atoms with Crippen molar-refractivity contribution < 1.29 is 27.5 Å². The summed E-state index contributed by atoms with van der Waals surface area (Å²) < 4.78 is 44.4. The molecule has 192 valence electrons. The molecule has 1 spiro atoms. The number of nitrogens with zero attached hydrogens (tertiary/aromatic N) is 1. The molecule has 2 N–H and O–H groups in total. The fraction of sp³-hybridized carbons (Fsp3) is 0.296. The number of hydrogen-bond donors (Lipinski definition) is 2. The summed E-state index contributed by atoms with van der Waals surface area (Å²) in [5.41, 5.74) is 2.47. The molecule has 2 aromatic carbocycles. The fourth-order valence-electron chi connectivity index (χ4n) is 4.53. The van der Waals surface area contributed by atoms with Gasteiger partial charge >= 0.3 is 6.18 Å². The van der Waals surface area contributed by atoms with Crippen molar-refractivity contribution in [3.8, 4) is 11.1 Å². The van der Waals surface area contributed by atoms with Gasteiger partial charge in [-0.25, -0.2) is 0 Å². The van der Waals surface area contributed by atoms with Crippen LogP contribution in [0.4, 0.5) is 18.9 Å². The molecule has 10 heteroatoms. The number of benzene rings is 2. The van der Waals surface area contributed by atoms with Crippen LogP contribution in [-0.2, 0) is 10.9 Å². The summed E-state index contributed by atoms with van der Waals surface area (Å²) in [4.78, 5) is 29.7. The van der Waals surface area contributed by atoms with Gasteiger partial charge < -0.3 is 15.4 Å². The molecule has 5 rings (SSSR count). The lowest BCUT2D eigenvalue weighted by Gasteiger charge is -2.35. The van der Waals surface area contributed by atoms with Crippen LogP contribution < -0.4 is 10.6 Å². The quantitative estimate of drug-likeness (QED) is 0.456. The van der Waals surface area contributed by atoms with E-state index in [4.69, 9.17) is 4.74 Å². The molecular formula is C27H24F3N3O3S. The number of aromatic nitrogens is 1. The largest absolute Gasteiger partial charge is 0.433 e. The molecule has 0 atom stereocenters.